The first-order valence-electron chi connectivity index (χ1n) is 9.42. The fourth-order valence-electron chi connectivity index (χ4n) is 3.36. The number of fused-ring (bicyclic) bond motifs is 3. The summed E-state index contributed by atoms with van der Waals surface area (Å²) in [5.74, 6) is 0.264. The van der Waals surface area contributed by atoms with Crippen molar-refractivity contribution in [1.29, 1.82) is 0 Å². The van der Waals surface area contributed by atoms with E-state index in [1.54, 1.807) is 18.3 Å². The van der Waals surface area contributed by atoms with Gasteiger partial charge in [0, 0.05) is 34.9 Å². The van der Waals surface area contributed by atoms with E-state index in [1.165, 1.54) is 12.1 Å². The summed E-state index contributed by atoms with van der Waals surface area (Å²) in [5.41, 5.74) is 7.82. The molecule has 5 aromatic rings. The molecule has 0 amide bonds. The summed E-state index contributed by atoms with van der Waals surface area (Å²) in [6, 6.07) is 16.1. The maximum Gasteiger partial charge on any atom is 0.269 e. The fraction of sp³-hybridized carbons (Fsp3) is 0.0476. The third kappa shape index (κ3) is 3.46. The number of benzene rings is 2. The van der Waals surface area contributed by atoms with Crippen LogP contribution in [0.2, 0.25) is 0 Å². The van der Waals surface area contributed by atoms with Crippen LogP contribution in [0.3, 0.4) is 0 Å². The molecule has 10 heteroatoms. The number of rotatable bonds is 5. The minimum Gasteiger partial charge on any atom is -0.338 e. The lowest BCUT2D eigenvalue weighted by Gasteiger charge is -2.05. The molecule has 0 spiro atoms. The normalized spacial score (nSPS) is 11.5. The molecule has 10 nitrogen and oxygen atoms in total. The summed E-state index contributed by atoms with van der Waals surface area (Å²) in [6.07, 6.45) is 3.46. The molecule has 3 heterocycles. The van der Waals surface area contributed by atoms with Gasteiger partial charge in [0.15, 0.2) is 5.65 Å². The van der Waals surface area contributed by atoms with E-state index in [1.807, 2.05) is 48.0 Å². The van der Waals surface area contributed by atoms with E-state index >= 15 is 0 Å². The van der Waals surface area contributed by atoms with Gasteiger partial charge in [0.25, 0.3) is 11.6 Å². The number of nitro groups is 1. The lowest BCUT2D eigenvalue weighted by molar-refractivity contribution is -0.384. The third-order valence-electron chi connectivity index (χ3n) is 4.85. The van der Waals surface area contributed by atoms with Crippen molar-refractivity contribution >= 4 is 39.9 Å². The first kappa shape index (κ1) is 18.4. The SMILES string of the molecule is Cc1ccc2[nH]c3nc(N/N=C/c4cccn4-c4ccc([N+](=O)[O-])cc4)nnc3c2c1. The average molecular weight is 412 g/mol. The number of hydrogen-bond acceptors (Lipinski definition) is 7. The van der Waals surface area contributed by atoms with Crippen molar-refractivity contribution in [2.75, 3.05) is 5.43 Å². The second kappa shape index (κ2) is 7.34. The predicted octanol–water partition coefficient (Wildman–Crippen LogP) is 3.96. The van der Waals surface area contributed by atoms with Crippen molar-refractivity contribution in [3.05, 3.63) is 82.2 Å². The van der Waals surface area contributed by atoms with Crippen molar-refractivity contribution in [3.8, 4) is 5.69 Å². The zero-order valence-corrected chi connectivity index (χ0v) is 16.4. The number of hydrogen-bond donors (Lipinski definition) is 2. The molecule has 0 unspecified atom stereocenters. The molecule has 3 aromatic heterocycles. The third-order valence-corrected chi connectivity index (χ3v) is 4.85. The number of non-ortho nitro benzene ring substituents is 1. The minimum atomic E-state index is -0.426. The highest BCUT2D eigenvalue weighted by Gasteiger charge is 2.09. The van der Waals surface area contributed by atoms with Crippen molar-refractivity contribution in [2.45, 2.75) is 6.92 Å². The van der Waals surface area contributed by atoms with E-state index in [0.717, 1.165) is 27.8 Å². The van der Waals surface area contributed by atoms with Crippen LogP contribution in [0.15, 0.2) is 65.9 Å². The van der Waals surface area contributed by atoms with Crippen LogP contribution in [0.1, 0.15) is 11.3 Å². The molecule has 0 aliphatic heterocycles. The number of aromatic nitrogens is 5. The van der Waals surface area contributed by atoms with Crippen molar-refractivity contribution < 1.29 is 4.92 Å². The Bertz CT molecular complexity index is 1450. The van der Waals surface area contributed by atoms with Crippen LogP contribution < -0.4 is 5.43 Å². The molecule has 0 atom stereocenters. The largest absolute Gasteiger partial charge is 0.338 e. The van der Waals surface area contributed by atoms with Gasteiger partial charge in [-0.05, 0) is 43.3 Å². The quantitative estimate of drug-likeness (QED) is 0.256. The summed E-state index contributed by atoms with van der Waals surface area (Å²) in [7, 11) is 0. The Morgan fingerprint density at radius 1 is 1.16 bits per heavy atom. The topological polar surface area (TPSA) is 127 Å². The molecule has 2 aromatic carbocycles. The molecular weight excluding hydrogens is 396 g/mol. The van der Waals surface area contributed by atoms with Gasteiger partial charge >= 0.3 is 0 Å². The van der Waals surface area contributed by atoms with Gasteiger partial charge in [-0.1, -0.05) is 11.6 Å². The van der Waals surface area contributed by atoms with Crippen LogP contribution in [-0.4, -0.2) is 35.9 Å². The van der Waals surface area contributed by atoms with Crippen LogP contribution in [-0.2, 0) is 0 Å². The summed E-state index contributed by atoms with van der Waals surface area (Å²) in [6.45, 7) is 2.02. The summed E-state index contributed by atoms with van der Waals surface area (Å²) in [4.78, 5) is 18.1. The van der Waals surface area contributed by atoms with Crippen LogP contribution in [0.25, 0.3) is 27.8 Å². The van der Waals surface area contributed by atoms with Crippen LogP contribution in [0.5, 0.6) is 0 Å². The molecule has 0 saturated carbocycles. The fourth-order valence-corrected chi connectivity index (χ4v) is 3.36. The lowest BCUT2D eigenvalue weighted by Crippen LogP contribution is -2.02. The summed E-state index contributed by atoms with van der Waals surface area (Å²) in [5, 5.41) is 24.4. The monoisotopic (exact) mass is 412 g/mol. The maximum absolute atomic E-state index is 10.8. The molecule has 0 aliphatic carbocycles. The smallest absolute Gasteiger partial charge is 0.269 e. The standard InChI is InChI=1S/C21H16N8O2/c1-13-4-9-18-17(11-13)19-20(23-18)24-21(27-25-19)26-22-12-16-3-2-10-28(16)14-5-7-15(8-6-14)29(30)31/h2-12H,1H3,(H2,23,24,26,27)/b22-12+. The number of nitrogens with one attached hydrogen (secondary N) is 2. The van der Waals surface area contributed by atoms with E-state index in [0.29, 0.717) is 11.2 Å². The Kier molecular flexibility index (Phi) is 4.36. The van der Waals surface area contributed by atoms with E-state index in [9.17, 15) is 10.1 Å². The summed E-state index contributed by atoms with van der Waals surface area (Å²) < 4.78 is 1.86. The Hall–Kier alpha value is -4.60. The molecule has 0 bridgehead atoms. The van der Waals surface area contributed by atoms with Gasteiger partial charge in [0.2, 0.25) is 0 Å². The minimum absolute atomic E-state index is 0.0416. The van der Waals surface area contributed by atoms with Crippen molar-refractivity contribution in [2.24, 2.45) is 5.10 Å². The number of nitrogens with zero attached hydrogens (tertiary/aromatic N) is 6. The number of nitro benzene ring substituents is 1. The van der Waals surface area contributed by atoms with Gasteiger partial charge in [-0.2, -0.15) is 10.1 Å². The van der Waals surface area contributed by atoms with Crippen molar-refractivity contribution in [3.63, 3.8) is 0 Å². The molecule has 31 heavy (non-hydrogen) atoms. The number of anilines is 1. The second-order valence-electron chi connectivity index (χ2n) is 6.95. The highest BCUT2D eigenvalue weighted by atomic mass is 16.6. The van der Waals surface area contributed by atoms with E-state index in [-0.39, 0.29) is 11.6 Å². The van der Waals surface area contributed by atoms with Gasteiger partial charge < -0.3 is 9.55 Å². The molecule has 0 radical (unpaired) electrons. The van der Waals surface area contributed by atoms with Crippen LogP contribution in [0, 0.1) is 17.0 Å². The predicted molar refractivity (Wildman–Crippen MR) is 118 cm³/mol. The molecule has 0 saturated heterocycles. The molecule has 0 fully saturated rings. The zero-order valence-electron chi connectivity index (χ0n) is 16.4. The van der Waals surface area contributed by atoms with Crippen LogP contribution in [0.4, 0.5) is 11.6 Å². The Labute approximate surface area is 175 Å². The number of aromatic amines is 1. The molecule has 2 N–H and O–H groups in total. The highest BCUT2D eigenvalue weighted by molar-refractivity contribution is 6.03. The molecular formula is C21H16N8O2. The second-order valence-corrected chi connectivity index (χ2v) is 6.95. The van der Waals surface area contributed by atoms with Gasteiger partial charge in [-0.3, -0.25) is 10.1 Å². The first-order valence-corrected chi connectivity index (χ1v) is 9.42. The van der Waals surface area contributed by atoms with Crippen LogP contribution >= 0.6 is 0 Å². The Morgan fingerprint density at radius 3 is 2.81 bits per heavy atom. The maximum atomic E-state index is 10.8. The summed E-state index contributed by atoms with van der Waals surface area (Å²) >= 11 is 0. The molecule has 5 rings (SSSR count). The van der Waals surface area contributed by atoms with Gasteiger partial charge in [-0.25, -0.2) is 5.43 Å². The number of hydrazone groups is 1. The molecule has 0 aliphatic rings. The van der Waals surface area contributed by atoms with Gasteiger partial charge in [-0.15, -0.1) is 10.2 Å². The Balaban J connectivity index is 1.37. The zero-order chi connectivity index (χ0) is 21.4. The first-order chi connectivity index (χ1) is 15.1. The van der Waals surface area contributed by atoms with Gasteiger partial charge in [0.1, 0.15) is 5.52 Å². The van der Waals surface area contributed by atoms with E-state index < -0.39 is 4.92 Å². The number of H-pyrrole nitrogens is 1. The Morgan fingerprint density at radius 2 is 2.00 bits per heavy atom. The molecule has 152 valence electrons. The van der Waals surface area contributed by atoms with Crippen molar-refractivity contribution in [1.82, 2.24) is 24.7 Å². The van der Waals surface area contributed by atoms with E-state index in [2.05, 4.69) is 30.7 Å². The van der Waals surface area contributed by atoms with E-state index in [4.69, 9.17) is 0 Å². The lowest BCUT2D eigenvalue weighted by atomic mass is 10.2. The highest BCUT2D eigenvalue weighted by Crippen LogP contribution is 2.23. The number of aryl methyl sites for hydroxylation is 1. The van der Waals surface area contributed by atoms with Gasteiger partial charge in [0.05, 0.1) is 16.8 Å². The average Bonchev–Trinajstić information content (AvgIpc) is 3.38.